The highest BCUT2D eigenvalue weighted by Gasteiger charge is 2.28. The molecule has 138 valence electrons. The molecule has 4 aromatic rings. The van der Waals surface area contributed by atoms with Gasteiger partial charge in [-0.2, -0.15) is 5.10 Å². The molecule has 0 spiro atoms. The van der Waals surface area contributed by atoms with Crippen molar-refractivity contribution in [2.24, 2.45) is 0 Å². The Labute approximate surface area is 162 Å². The lowest BCUT2D eigenvalue weighted by Gasteiger charge is -2.23. The van der Waals surface area contributed by atoms with E-state index in [1.807, 2.05) is 48.7 Å². The number of ketones is 1. The maximum Gasteiger partial charge on any atom is 0.166 e. The molecule has 2 heterocycles. The third-order valence-corrected chi connectivity index (χ3v) is 5.42. The third kappa shape index (κ3) is 2.76. The molecule has 1 aliphatic rings. The number of carbonyl (C=O) groups is 1. The molecule has 28 heavy (non-hydrogen) atoms. The Bertz CT molecular complexity index is 1160. The molecule has 0 fully saturated rings. The summed E-state index contributed by atoms with van der Waals surface area (Å²) in [4.78, 5) is 17.6. The predicted molar refractivity (Wildman–Crippen MR) is 107 cm³/mol. The van der Waals surface area contributed by atoms with Gasteiger partial charge in [0.1, 0.15) is 5.75 Å². The summed E-state index contributed by atoms with van der Waals surface area (Å²) in [6.45, 7) is 0. The van der Waals surface area contributed by atoms with E-state index in [0.29, 0.717) is 12.0 Å². The van der Waals surface area contributed by atoms with E-state index in [1.165, 1.54) is 5.56 Å². The Morgan fingerprint density at radius 1 is 1.00 bits per heavy atom. The molecule has 2 aromatic carbocycles. The predicted octanol–water partition coefficient (Wildman–Crippen LogP) is 4.32. The fraction of sp³-hybridized carbons (Fsp3) is 0.174. The molecule has 1 aliphatic carbocycles. The Kier molecular flexibility index (Phi) is 3.93. The van der Waals surface area contributed by atoms with E-state index < -0.39 is 0 Å². The minimum atomic E-state index is 0.131. The van der Waals surface area contributed by atoms with Crippen LogP contribution in [0.2, 0.25) is 0 Å². The number of hydrogen-bond donors (Lipinski definition) is 0. The molecular formula is C23H19N3O2. The van der Waals surface area contributed by atoms with E-state index in [9.17, 15) is 4.79 Å². The number of fused-ring (bicyclic) bond motifs is 2. The average molecular weight is 369 g/mol. The van der Waals surface area contributed by atoms with E-state index in [4.69, 9.17) is 9.72 Å². The number of Topliss-reactive ketones (excluding diaryl/α,β-unsaturated/α-hetero) is 1. The second-order valence-electron chi connectivity index (χ2n) is 7.10. The number of nitrogens with zero attached hydrogens (tertiary/aromatic N) is 3. The maximum absolute atomic E-state index is 12.8. The minimum Gasteiger partial charge on any atom is -0.497 e. The van der Waals surface area contributed by atoms with Crippen LogP contribution >= 0.6 is 0 Å². The molecule has 5 rings (SSSR count). The molecular weight excluding hydrogens is 350 g/mol. The van der Waals surface area contributed by atoms with Crippen LogP contribution in [0.5, 0.6) is 5.75 Å². The third-order valence-electron chi connectivity index (χ3n) is 5.42. The van der Waals surface area contributed by atoms with Crippen LogP contribution in [0, 0.1) is 0 Å². The van der Waals surface area contributed by atoms with Crippen LogP contribution in [0.15, 0.2) is 67.0 Å². The number of hydrogen-bond acceptors (Lipinski definition) is 4. The first-order valence-electron chi connectivity index (χ1n) is 9.33. The highest BCUT2D eigenvalue weighted by atomic mass is 16.5. The molecule has 0 saturated heterocycles. The number of ether oxygens (including phenoxy) is 1. The van der Waals surface area contributed by atoms with Gasteiger partial charge < -0.3 is 4.74 Å². The Balaban J connectivity index is 1.58. The van der Waals surface area contributed by atoms with Crippen molar-refractivity contribution < 1.29 is 9.53 Å². The first-order valence-corrected chi connectivity index (χ1v) is 9.33. The van der Waals surface area contributed by atoms with Crippen LogP contribution in [-0.2, 0) is 6.42 Å². The molecule has 5 nitrogen and oxygen atoms in total. The van der Waals surface area contributed by atoms with Crippen LogP contribution in [0.25, 0.3) is 16.8 Å². The molecule has 1 atom stereocenters. The zero-order chi connectivity index (χ0) is 19.1. The normalized spacial score (nSPS) is 16.2. The monoisotopic (exact) mass is 369 g/mol. The van der Waals surface area contributed by atoms with Crippen LogP contribution < -0.4 is 4.74 Å². The molecule has 5 heteroatoms. The van der Waals surface area contributed by atoms with Crippen molar-refractivity contribution in [2.75, 3.05) is 7.11 Å². The van der Waals surface area contributed by atoms with Crippen molar-refractivity contribution in [3.63, 3.8) is 0 Å². The lowest BCUT2D eigenvalue weighted by atomic mass is 9.82. The number of methoxy groups -OCH3 is 1. The van der Waals surface area contributed by atoms with E-state index in [2.05, 4.69) is 17.2 Å². The SMILES string of the molecule is COc1ccc(-c2cnn3cc4c(nc23)CC(c2ccccc2)CC4=O)cc1. The van der Waals surface area contributed by atoms with Crippen molar-refractivity contribution in [3.05, 3.63) is 83.8 Å². The van der Waals surface area contributed by atoms with Gasteiger partial charge in [-0.3, -0.25) is 4.79 Å². The van der Waals surface area contributed by atoms with Crippen LogP contribution in [-0.4, -0.2) is 27.5 Å². The number of rotatable bonds is 3. The lowest BCUT2D eigenvalue weighted by molar-refractivity contribution is 0.0962. The topological polar surface area (TPSA) is 56.5 Å². The van der Waals surface area contributed by atoms with Gasteiger partial charge in [0.2, 0.25) is 0 Å². The first-order chi connectivity index (χ1) is 13.7. The molecule has 0 aliphatic heterocycles. The summed E-state index contributed by atoms with van der Waals surface area (Å²) in [5, 5.41) is 4.43. The number of benzene rings is 2. The molecule has 2 aromatic heterocycles. The molecule has 0 radical (unpaired) electrons. The van der Waals surface area contributed by atoms with Crippen molar-refractivity contribution in [1.29, 1.82) is 0 Å². The van der Waals surface area contributed by atoms with E-state index in [0.717, 1.165) is 34.6 Å². The summed E-state index contributed by atoms with van der Waals surface area (Å²) in [6, 6.07) is 18.0. The molecule has 0 bridgehead atoms. The van der Waals surface area contributed by atoms with Crippen molar-refractivity contribution in [2.45, 2.75) is 18.8 Å². The number of aromatic nitrogens is 3. The van der Waals surface area contributed by atoms with Crippen molar-refractivity contribution in [1.82, 2.24) is 14.6 Å². The Hall–Kier alpha value is -3.47. The van der Waals surface area contributed by atoms with Gasteiger partial charge in [0.25, 0.3) is 0 Å². The fourth-order valence-electron chi connectivity index (χ4n) is 3.91. The summed E-state index contributed by atoms with van der Waals surface area (Å²) in [5.41, 5.74) is 5.46. The average Bonchev–Trinajstić information content (AvgIpc) is 3.16. The smallest absolute Gasteiger partial charge is 0.166 e. The van der Waals surface area contributed by atoms with E-state index in [1.54, 1.807) is 17.8 Å². The van der Waals surface area contributed by atoms with Crippen molar-refractivity contribution >= 4 is 11.4 Å². The second-order valence-corrected chi connectivity index (χ2v) is 7.10. The van der Waals surface area contributed by atoms with Crippen LogP contribution in [0.1, 0.15) is 34.0 Å². The van der Waals surface area contributed by atoms with Gasteiger partial charge in [0.05, 0.1) is 24.6 Å². The molecule has 0 amide bonds. The highest BCUT2D eigenvalue weighted by Crippen LogP contribution is 2.33. The zero-order valence-corrected chi connectivity index (χ0v) is 15.5. The summed E-state index contributed by atoms with van der Waals surface area (Å²) >= 11 is 0. The highest BCUT2D eigenvalue weighted by molar-refractivity contribution is 5.99. The number of carbonyl (C=O) groups excluding carboxylic acids is 1. The van der Waals surface area contributed by atoms with Gasteiger partial charge in [-0.15, -0.1) is 0 Å². The van der Waals surface area contributed by atoms with Gasteiger partial charge in [0.15, 0.2) is 11.4 Å². The van der Waals surface area contributed by atoms with Gasteiger partial charge in [0, 0.05) is 18.2 Å². The lowest BCUT2D eigenvalue weighted by Crippen LogP contribution is -2.21. The molecule has 0 N–H and O–H groups in total. The second kappa shape index (κ2) is 6.60. The minimum absolute atomic E-state index is 0.131. The van der Waals surface area contributed by atoms with E-state index in [-0.39, 0.29) is 11.7 Å². The van der Waals surface area contributed by atoms with Gasteiger partial charge in [-0.05, 0) is 35.6 Å². The first kappa shape index (κ1) is 16.7. The zero-order valence-electron chi connectivity index (χ0n) is 15.5. The van der Waals surface area contributed by atoms with Gasteiger partial charge in [-0.25, -0.2) is 9.50 Å². The largest absolute Gasteiger partial charge is 0.497 e. The quantitative estimate of drug-likeness (QED) is 0.540. The van der Waals surface area contributed by atoms with Crippen LogP contribution in [0.4, 0.5) is 0 Å². The van der Waals surface area contributed by atoms with Crippen LogP contribution in [0.3, 0.4) is 0 Å². The van der Waals surface area contributed by atoms with Gasteiger partial charge in [-0.1, -0.05) is 42.5 Å². The molecule has 1 unspecified atom stereocenters. The van der Waals surface area contributed by atoms with Crippen molar-refractivity contribution in [3.8, 4) is 16.9 Å². The summed E-state index contributed by atoms with van der Waals surface area (Å²) < 4.78 is 6.95. The summed E-state index contributed by atoms with van der Waals surface area (Å²) in [6.07, 6.45) is 4.90. The maximum atomic E-state index is 12.8. The standard InChI is InChI=1S/C23H19N3O2/c1-28-18-9-7-16(8-10-18)19-13-24-26-14-20-21(25-23(19)26)11-17(12-22(20)27)15-5-3-2-4-6-15/h2-10,13-14,17H,11-12H2,1H3. The van der Waals surface area contributed by atoms with Gasteiger partial charge >= 0.3 is 0 Å². The Morgan fingerprint density at radius 2 is 1.79 bits per heavy atom. The molecule has 0 saturated carbocycles. The summed E-state index contributed by atoms with van der Waals surface area (Å²) in [5.74, 6) is 1.11. The van der Waals surface area contributed by atoms with E-state index >= 15 is 0 Å². The Morgan fingerprint density at radius 3 is 2.54 bits per heavy atom. The fourth-order valence-corrected chi connectivity index (χ4v) is 3.91. The summed E-state index contributed by atoms with van der Waals surface area (Å²) in [7, 11) is 1.65.